The molecule has 7 heteroatoms. The van der Waals surface area contributed by atoms with Crippen molar-refractivity contribution < 1.29 is 19.5 Å². The molecule has 3 N–H and O–H groups in total. The van der Waals surface area contributed by atoms with Crippen LogP contribution < -0.4 is 10.6 Å². The zero-order valence-electron chi connectivity index (χ0n) is 11.6. The van der Waals surface area contributed by atoms with E-state index in [-0.39, 0.29) is 18.0 Å². The molecule has 20 heavy (non-hydrogen) atoms. The lowest BCUT2D eigenvalue weighted by Gasteiger charge is -2.35. The van der Waals surface area contributed by atoms with Gasteiger partial charge in [-0.3, -0.25) is 9.59 Å². The number of piperazine rings is 1. The van der Waals surface area contributed by atoms with E-state index in [0.29, 0.717) is 32.4 Å². The van der Waals surface area contributed by atoms with E-state index in [0.717, 1.165) is 6.42 Å². The minimum absolute atomic E-state index is 0.143. The van der Waals surface area contributed by atoms with Gasteiger partial charge in [0.1, 0.15) is 6.04 Å². The predicted octanol–water partition coefficient (Wildman–Crippen LogP) is 0.160. The summed E-state index contributed by atoms with van der Waals surface area (Å²) in [5.74, 6) is -1.52. The van der Waals surface area contributed by atoms with Crippen LogP contribution in [0.2, 0.25) is 0 Å². The van der Waals surface area contributed by atoms with Crippen molar-refractivity contribution in [2.24, 2.45) is 5.92 Å². The Morgan fingerprint density at radius 3 is 2.85 bits per heavy atom. The highest BCUT2D eigenvalue weighted by Gasteiger charge is 2.37. The van der Waals surface area contributed by atoms with Crippen molar-refractivity contribution in [2.75, 3.05) is 13.1 Å². The van der Waals surface area contributed by atoms with Crippen LogP contribution in [0.3, 0.4) is 0 Å². The Morgan fingerprint density at radius 1 is 1.45 bits per heavy atom. The fourth-order valence-corrected chi connectivity index (χ4v) is 3.03. The van der Waals surface area contributed by atoms with Gasteiger partial charge in [-0.05, 0) is 19.3 Å². The number of carboxylic acid groups (broad SMARTS) is 1. The second-order valence-electron chi connectivity index (χ2n) is 5.34. The first-order valence-corrected chi connectivity index (χ1v) is 7.12. The summed E-state index contributed by atoms with van der Waals surface area (Å²) in [4.78, 5) is 36.6. The SMILES string of the molecule is CCC1C(=O)NCCN1C(=O)NC1CCCC1C(=O)O. The van der Waals surface area contributed by atoms with Crippen molar-refractivity contribution in [1.82, 2.24) is 15.5 Å². The largest absolute Gasteiger partial charge is 0.481 e. The van der Waals surface area contributed by atoms with Gasteiger partial charge in [0.2, 0.25) is 5.91 Å². The molecule has 1 heterocycles. The number of carbonyl (C=O) groups is 3. The molecule has 0 bridgehead atoms. The third-order valence-corrected chi connectivity index (χ3v) is 4.12. The van der Waals surface area contributed by atoms with Gasteiger partial charge in [-0.2, -0.15) is 0 Å². The standard InChI is InChI=1S/C13H21N3O4/c1-2-10-11(17)14-6-7-16(10)13(20)15-9-5-3-4-8(9)12(18)19/h8-10H,2-7H2,1H3,(H,14,17)(H,15,20)(H,18,19). The van der Waals surface area contributed by atoms with Crippen LogP contribution in [-0.2, 0) is 9.59 Å². The van der Waals surface area contributed by atoms with E-state index in [1.165, 1.54) is 4.90 Å². The number of nitrogens with one attached hydrogen (secondary N) is 2. The molecule has 0 spiro atoms. The zero-order valence-corrected chi connectivity index (χ0v) is 11.6. The van der Waals surface area contributed by atoms with Crippen LogP contribution >= 0.6 is 0 Å². The summed E-state index contributed by atoms with van der Waals surface area (Å²) in [5, 5.41) is 14.6. The van der Waals surface area contributed by atoms with Crippen molar-refractivity contribution in [3.05, 3.63) is 0 Å². The molecule has 112 valence electrons. The monoisotopic (exact) mass is 283 g/mol. The van der Waals surface area contributed by atoms with Gasteiger partial charge in [0.15, 0.2) is 0 Å². The zero-order chi connectivity index (χ0) is 14.7. The van der Waals surface area contributed by atoms with Gasteiger partial charge in [-0.15, -0.1) is 0 Å². The first-order valence-electron chi connectivity index (χ1n) is 7.12. The molecule has 1 saturated carbocycles. The lowest BCUT2D eigenvalue weighted by atomic mass is 10.0. The average Bonchev–Trinajstić information content (AvgIpc) is 2.86. The third kappa shape index (κ3) is 2.86. The summed E-state index contributed by atoms with van der Waals surface area (Å²) in [6.07, 6.45) is 2.63. The van der Waals surface area contributed by atoms with Crippen molar-refractivity contribution in [3.63, 3.8) is 0 Å². The molecule has 3 atom stereocenters. The molecule has 3 unspecified atom stereocenters. The second-order valence-corrected chi connectivity index (χ2v) is 5.34. The van der Waals surface area contributed by atoms with Crippen molar-refractivity contribution in [3.8, 4) is 0 Å². The average molecular weight is 283 g/mol. The molecule has 0 radical (unpaired) electrons. The highest BCUT2D eigenvalue weighted by Crippen LogP contribution is 2.26. The summed E-state index contributed by atoms with van der Waals surface area (Å²) in [6.45, 7) is 2.75. The number of aliphatic carboxylic acids is 1. The Balaban J connectivity index is 2.00. The quantitative estimate of drug-likeness (QED) is 0.687. The van der Waals surface area contributed by atoms with Gasteiger partial charge in [0.05, 0.1) is 5.92 Å². The van der Waals surface area contributed by atoms with Gasteiger partial charge < -0.3 is 20.6 Å². The number of hydrogen-bond donors (Lipinski definition) is 3. The van der Waals surface area contributed by atoms with Crippen LogP contribution in [0.25, 0.3) is 0 Å². The Kier molecular flexibility index (Phi) is 4.46. The van der Waals surface area contributed by atoms with E-state index >= 15 is 0 Å². The molecule has 2 aliphatic rings. The van der Waals surface area contributed by atoms with Crippen LogP contribution in [0.5, 0.6) is 0 Å². The maximum Gasteiger partial charge on any atom is 0.318 e. The molecule has 1 aliphatic heterocycles. The van der Waals surface area contributed by atoms with Gasteiger partial charge >= 0.3 is 12.0 Å². The molecule has 7 nitrogen and oxygen atoms in total. The summed E-state index contributed by atoms with van der Waals surface area (Å²) in [6, 6.07) is -1.12. The maximum absolute atomic E-state index is 12.3. The number of carboxylic acids is 1. The van der Waals surface area contributed by atoms with Crippen LogP contribution in [0.4, 0.5) is 4.79 Å². The Hall–Kier alpha value is -1.79. The first-order chi connectivity index (χ1) is 9.54. The maximum atomic E-state index is 12.3. The molecular weight excluding hydrogens is 262 g/mol. The third-order valence-electron chi connectivity index (χ3n) is 4.12. The predicted molar refractivity (Wildman–Crippen MR) is 71.1 cm³/mol. The molecule has 0 aromatic carbocycles. The van der Waals surface area contributed by atoms with E-state index in [1.807, 2.05) is 6.92 Å². The van der Waals surface area contributed by atoms with Gasteiger partial charge in [0.25, 0.3) is 0 Å². The van der Waals surface area contributed by atoms with E-state index < -0.39 is 17.9 Å². The topological polar surface area (TPSA) is 98.7 Å². The van der Waals surface area contributed by atoms with Crippen molar-refractivity contribution in [2.45, 2.75) is 44.7 Å². The van der Waals surface area contributed by atoms with Gasteiger partial charge in [0, 0.05) is 19.1 Å². The molecule has 0 aromatic heterocycles. The summed E-state index contributed by atoms with van der Waals surface area (Å²) >= 11 is 0. The molecule has 3 amide bonds. The van der Waals surface area contributed by atoms with E-state index in [9.17, 15) is 14.4 Å². The minimum Gasteiger partial charge on any atom is -0.481 e. The second kappa shape index (κ2) is 6.11. The number of carbonyl (C=O) groups excluding carboxylic acids is 2. The molecule has 2 rings (SSSR count). The van der Waals surface area contributed by atoms with Crippen LogP contribution in [0.15, 0.2) is 0 Å². The number of nitrogens with zero attached hydrogens (tertiary/aromatic N) is 1. The van der Waals surface area contributed by atoms with Crippen LogP contribution in [0.1, 0.15) is 32.6 Å². The van der Waals surface area contributed by atoms with Crippen LogP contribution in [-0.4, -0.2) is 53.1 Å². The smallest absolute Gasteiger partial charge is 0.318 e. The van der Waals surface area contributed by atoms with Gasteiger partial charge in [-0.1, -0.05) is 13.3 Å². The number of rotatable bonds is 3. The Bertz CT molecular complexity index is 412. The highest BCUT2D eigenvalue weighted by molar-refractivity contribution is 5.88. The van der Waals surface area contributed by atoms with Crippen molar-refractivity contribution >= 4 is 17.9 Å². The van der Waals surface area contributed by atoms with E-state index in [2.05, 4.69) is 10.6 Å². The Labute approximate surface area is 117 Å². The molecule has 1 saturated heterocycles. The Morgan fingerprint density at radius 2 is 2.20 bits per heavy atom. The van der Waals surface area contributed by atoms with Gasteiger partial charge in [-0.25, -0.2) is 4.79 Å². The summed E-state index contributed by atoms with van der Waals surface area (Å²) < 4.78 is 0. The fourth-order valence-electron chi connectivity index (χ4n) is 3.03. The summed E-state index contributed by atoms with van der Waals surface area (Å²) in [5.41, 5.74) is 0. The molecule has 1 aliphatic carbocycles. The fraction of sp³-hybridized carbons (Fsp3) is 0.769. The highest BCUT2D eigenvalue weighted by atomic mass is 16.4. The normalized spacial score (nSPS) is 29.9. The minimum atomic E-state index is -0.865. The molecule has 0 aromatic rings. The number of hydrogen-bond acceptors (Lipinski definition) is 3. The first kappa shape index (κ1) is 14.6. The number of amides is 3. The van der Waals surface area contributed by atoms with E-state index in [1.54, 1.807) is 0 Å². The molecular formula is C13H21N3O4. The lowest BCUT2D eigenvalue weighted by molar-refractivity contribution is -0.142. The number of urea groups is 1. The van der Waals surface area contributed by atoms with Crippen LogP contribution in [0, 0.1) is 5.92 Å². The molecule has 2 fully saturated rings. The lowest BCUT2D eigenvalue weighted by Crippen LogP contribution is -2.60. The summed E-state index contributed by atoms with van der Waals surface area (Å²) in [7, 11) is 0. The van der Waals surface area contributed by atoms with Crippen molar-refractivity contribution in [1.29, 1.82) is 0 Å². The van der Waals surface area contributed by atoms with E-state index in [4.69, 9.17) is 5.11 Å².